The Kier molecular flexibility index (Phi) is 2.97. The first kappa shape index (κ1) is 11.3. The van der Waals surface area contributed by atoms with Crippen LogP contribution >= 0.6 is 0 Å². The summed E-state index contributed by atoms with van der Waals surface area (Å²) in [6.45, 7) is 9.07. The standard InChI is InChI=1S/C14H22N2O/c1-11-8-15-7-3-4-13(15)9-16(11)10-14-6-5-12(2)17-14/h5-6,11,13H,3-4,7-10H2,1-2H3/t11-,13?/m0/s1. The molecule has 3 rings (SSSR count). The summed E-state index contributed by atoms with van der Waals surface area (Å²) in [5, 5.41) is 0. The van der Waals surface area contributed by atoms with Crippen molar-refractivity contribution in [1.82, 2.24) is 9.80 Å². The Morgan fingerprint density at radius 1 is 1.35 bits per heavy atom. The fraction of sp³-hybridized carbons (Fsp3) is 0.714. The second-order valence-corrected chi connectivity index (χ2v) is 5.58. The Morgan fingerprint density at radius 3 is 3.00 bits per heavy atom. The number of nitrogens with zero attached hydrogens (tertiary/aromatic N) is 2. The monoisotopic (exact) mass is 234 g/mol. The molecule has 2 fully saturated rings. The van der Waals surface area contributed by atoms with Gasteiger partial charge in [0.2, 0.25) is 0 Å². The van der Waals surface area contributed by atoms with Crippen molar-refractivity contribution in [2.75, 3.05) is 19.6 Å². The van der Waals surface area contributed by atoms with Gasteiger partial charge in [-0.1, -0.05) is 0 Å². The molecule has 0 spiro atoms. The van der Waals surface area contributed by atoms with E-state index in [1.165, 1.54) is 32.5 Å². The minimum Gasteiger partial charge on any atom is -0.465 e. The molecule has 3 heterocycles. The van der Waals surface area contributed by atoms with Gasteiger partial charge in [0.25, 0.3) is 0 Å². The Morgan fingerprint density at radius 2 is 2.24 bits per heavy atom. The first-order chi connectivity index (χ1) is 8.22. The van der Waals surface area contributed by atoms with Crippen molar-refractivity contribution in [2.45, 2.75) is 45.3 Å². The molecule has 2 saturated heterocycles. The van der Waals surface area contributed by atoms with Crippen molar-refractivity contribution in [2.24, 2.45) is 0 Å². The van der Waals surface area contributed by atoms with Crippen LogP contribution in [0.4, 0.5) is 0 Å². The molecule has 3 nitrogen and oxygen atoms in total. The summed E-state index contributed by atoms with van der Waals surface area (Å²) in [6, 6.07) is 5.62. The maximum absolute atomic E-state index is 5.69. The van der Waals surface area contributed by atoms with Crippen LogP contribution in [0.1, 0.15) is 31.3 Å². The normalized spacial score (nSPS) is 30.7. The molecule has 1 aromatic rings. The average molecular weight is 234 g/mol. The number of hydrogen-bond donors (Lipinski definition) is 0. The van der Waals surface area contributed by atoms with E-state index in [1.54, 1.807) is 0 Å². The fourth-order valence-corrected chi connectivity index (χ4v) is 3.24. The van der Waals surface area contributed by atoms with Crippen molar-refractivity contribution >= 4 is 0 Å². The lowest BCUT2D eigenvalue weighted by molar-refractivity contribution is 0.0492. The van der Waals surface area contributed by atoms with Gasteiger partial charge in [-0.15, -0.1) is 0 Å². The lowest BCUT2D eigenvalue weighted by Gasteiger charge is -2.41. The van der Waals surface area contributed by atoms with Gasteiger partial charge in [0.05, 0.1) is 6.54 Å². The van der Waals surface area contributed by atoms with Crippen LogP contribution in [0.2, 0.25) is 0 Å². The van der Waals surface area contributed by atoms with Gasteiger partial charge < -0.3 is 4.42 Å². The van der Waals surface area contributed by atoms with Gasteiger partial charge in [-0.05, 0) is 45.4 Å². The summed E-state index contributed by atoms with van der Waals surface area (Å²) in [5.74, 6) is 2.13. The van der Waals surface area contributed by atoms with Crippen LogP contribution in [-0.2, 0) is 6.54 Å². The van der Waals surface area contributed by atoms with E-state index in [0.29, 0.717) is 6.04 Å². The van der Waals surface area contributed by atoms with Gasteiger partial charge in [0.1, 0.15) is 11.5 Å². The zero-order chi connectivity index (χ0) is 11.8. The summed E-state index contributed by atoms with van der Waals surface area (Å²) in [5.41, 5.74) is 0. The Balaban J connectivity index is 1.66. The molecule has 94 valence electrons. The third kappa shape index (κ3) is 2.26. The van der Waals surface area contributed by atoms with Crippen molar-refractivity contribution in [3.8, 4) is 0 Å². The predicted molar refractivity (Wildman–Crippen MR) is 67.9 cm³/mol. The highest BCUT2D eigenvalue weighted by molar-refractivity contribution is 5.06. The van der Waals surface area contributed by atoms with Crippen LogP contribution in [0, 0.1) is 6.92 Å². The Bertz CT molecular complexity index is 387. The minimum absolute atomic E-state index is 0.648. The van der Waals surface area contributed by atoms with E-state index >= 15 is 0 Å². The van der Waals surface area contributed by atoms with E-state index in [4.69, 9.17) is 4.42 Å². The van der Waals surface area contributed by atoms with E-state index < -0.39 is 0 Å². The third-order valence-electron chi connectivity index (χ3n) is 4.22. The largest absolute Gasteiger partial charge is 0.465 e. The highest BCUT2D eigenvalue weighted by atomic mass is 16.3. The molecular weight excluding hydrogens is 212 g/mol. The molecule has 3 heteroatoms. The topological polar surface area (TPSA) is 19.6 Å². The lowest BCUT2D eigenvalue weighted by Crippen LogP contribution is -2.54. The molecule has 0 N–H and O–H groups in total. The molecule has 0 amide bonds. The van der Waals surface area contributed by atoms with Crippen LogP contribution in [0.3, 0.4) is 0 Å². The van der Waals surface area contributed by atoms with E-state index in [9.17, 15) is 0 Å². The van der Waals surface area contributed by atoms with Crippen molar-refractivity contribution < 1.29 is 4.42 Å². The Labute approximate surface area is 103 Å². The zero-order valence-corrected chi connectivity index (χ0v) is 10.9. The first-order valence-electron chi connectivity index (χ1n) is 6.76. The molecule has 2 atom stereocenters. The molecule has 2 aliphatic rings. The first-order valence-corrected chi connectivity index (χ1v) is 6.76. The minimum atomic E-state index is 0.648. The number of piperazine rings is 1. The van der Waals surface area contributed by atoms with Gasteiger partial charge >= 0.3 is 0 Å². The maximum Gasteiger partial charge on any atom is 0.118 e. The smallest absolute Gasteiger partial charge is 0.118 e. The molecule has 0 aromatic carbocycles. The van der Waals surface area contributed by atoms with Gasteiger partial charge in [0.15, 0.2) is 0 Å². The molecule has 0 radical (unpaired) electrons. The summed E-state index contributed by atoms with van der Waals surface area (Å²) < 4.78 is 5.69. The molecule has 17 heavy (non-hydrogen) atoms. The van der Waals surface area contributed by atoms with Crippen molar-refractivity contribution in [3.05, 3.63) is 23.7 Å². The summed E-state index contributed by atoms with van der Waals surface area (Å²) in [4.78, 5) is 5.24. The van der Waals surface area contributed by atoms with Crippen LogP contribution in [0.15, 0.2) is 16.5 Å². The summed E-state index contributed by atoms with van der Waals surface area (Å²) in [6.07, 6.45) is 2.76. The zero-order valence-electron chi connectivity index (χ0n) is 10.9. The highest BCUT2D eigenvalue weighted by Crippen LogP contribution is 2.25. The van der Waals surface area contributed by atoms with Gasteiger partial charge in [-0.3, -0.25) is 9.80 Å². The Hall–Kier alpha value is -0.800. The predicted octanol–water partition coefficient (Wildman–Crippen LogP) is 2.26. The van der Waals surface area contributed by atoms with Crippen LogP contribution in [0.25, 0.3) is 0 Å². The molecule has 1 unspecified atom stereocenters. The maximum atomic E-state index is 5.69. The number of rotatable bonds is 2. The van der Waals surface area contributed by atoms with Crippen LogP contribution in [0.5, 0.6) is 0 Å². The van der Waals surface area contributed by atoms with E-state index in [-0.39, 0.29) is 0 Å². The third-order valence-corrected chi connectivity index (χ3v) is 4.22. The molecular formula is C14H22N2O. The molecule has 0 bridgehead atoms. The summed E-state index contributed by atoms with van der Waals surface area (Å²) in [7, 11) is 0. The molecule has 0 aliphatic carbocycles. The van der Waals surface area contributed by atoms with E-state index in [2.05, 4.69) is 28.9 Å². The lowest BCUT2D eigenvalue weighted by atomic mass is 10.1. The SMILES string of the molecule is Cc1ccc(CN2CC3CCCN3C[C@@H]2C)o1. The second-order valence-electron chi connectivity index (χ2n) is 5.58. The average Bonchev–Trinajstić information content (AvgIpc) is 2.88. The number of fused-ring (bicyclic) bond motifs is 1. The van der Waals surface area contributed by atoms with E-state index in [0.717, 1.165) is 24.1 Å². The van der Waals surface area contributed by atoms with Gasteiger partial charge in [-0.25, -0.2) is 0 Å². The second kappa shape index (κ2) is 4.46. The molecule has 2 aliphatic heterocycles. The van der Waals surface area contributed by atoms with Crippen molar-refractivity contribution in [1.29, 1.82) is 0 Å². The molecule has 1 aromatic heterocycles. The highest BCUT2D eigenvalue weighted by Gasteiger charge is 2.34. The van der Waals surface area contributed by atoms with Crippen LogP contribution < -0.4 is 0 Å². The van der Waals surface area contributed by atoms with Crippen LogP contribution in [-0.4, -0.2) is 41.5 Å². The quantitative estimate of drug-likeness (QED) is 0.782. The number of aryl methyl sites for hydroxylation is 1. The van der Waals surface area contributed by atoms with Gasteiger partial charge in [-0.2, -0.15) is 0 Å². The molecule has 0 saturated carbocycles. The van der Waals surface area contributed by atoms with Crippen molar-refractivity contribution in [3.63, 3.8) is 0 Å². The fourth-order valence-electron chi connectivity index (χ4n) is 3.24. The number of hydrogen-bond acceptors (Lipinski definition) is 3. The summed E-state index contributed by atoms with van der Waals surface area (Å²) >= 11 is 0. The van der Waals surface area contributed by atoms with Gasteiger partial charge in [0, 0.05) is 25.2 Å². The number of furan rings is 1. The van der Waals surface area contributed by atoms with E-state index in [1.807, 2.05) is 6.92 Å².